The number of rotatable bonds is 4. The first-order valence-corrected chi connectivity index (χ1v) is 5.27. The van der Waals surface area contributed by atoms with Crippen LogP contribution in [0.4, 0.5) is 0 Å². The van der Waals surface area contributed by atoms with Crippen LogP contribution in [0.25, 0.3) is 0 Å². The summed E-state index contributed by atoms with van der Waals surface area (Å²) in [5.74, 6) is -0.407. The highest BCUT2D eigenvalue weighted by Crippen LogP contribution is 2.11. The molecule has 0 unspecified atom stereocenters. The second-order valence-corrected chi connectivity index (χ2v) is 3.68. The molecule has 0 saturated carbocycles. The molecule has 5 heteroatoms. The highest BCUT2D eigenvalue weighted by molar-refractivity contribution is 5.96. The molecule has 1 saturated heterocycles. The fourth-order valence-electron chi connectivity index (χ4n) is 1.58. The van der Waals surface area contributed by atoms with Crippen molar-refractivity contribution in [2.24, 2.45) is 5.92 Å². The number of hydrogen-bond donors (Lipinski definition) is 2. The minimum atomic E-state index is -0.250. The van der Waals surface area contributed by atoms with Gasteiger partial charge in [0.05, 0.1) is 13.0 Å². The number of amides is 2. The van der Waals surface area contributed by atoms with E-state index in [0.29, 0.717) is 6.61 Å². The van der Waals surface area contributed by atoms with Crippen molar-refractivity contribution in [2.75, 3.05) is 26.8 Å². The molecule has 2 N–H and O–H groups in total. The van der Waals surface area contributed by atoms with Gasteiger partial charge in [0.1, 0.15) is 0 Å². The zero-order valence-corrected chi connectivity index (χ0v) is 9.04. The molecule has 1 aliphatic rings. The van der Waals surface area contributed by atoms with Crippen molar-refractivity contribution in [3.63, 3.8) is 0 Å². The van der Waals surface area contributed by atoms with E-state index in [-0.39, 0.29) is 24.2 Å². The molecule has 0 aromatic heterocycles. The van der Waals surface area contributed by atoms with E-state index >= 15 is 0 Å². The van der Waals surface area contributed by atoms with Crippen molar-refractivity contribution in [3.05, 3.63) is 0 Å². The molecule has 15 heavy (non-hydrogen) atoms. The molecule has 0 spiro atoms. The third-order valence-corrected chi connectivity index (χ3v) is 2.51. The van der Waals surface area contributed by atoms with E-state index < -0.39 is 0 Å². The summed E-state index contributed by atoms with van der Waals surface area (Å²) < 4.78 is 4.76. The molecule has 5 nitrogen and oxygen atoms in total. The smallest absolute Gasteiger partial charge is 0.229 e. The van der Waals surface area contributed by atoms with Crippen LogP contribution in [-0.2, 0) is 14.3 Å². The number of methoxy groups -OCH3 is 1. The lowest BCUT2D eigenvalue weighted by molar-refractivity contribution is -0.133. The zero-order chi connectivity index (χ0) is 11.1. The van der Waals surface area contributed by atoms with E-state index in [4.69, 9.17) is 4.74 Å². The van der Waals surface area contributed by atoms with Crippen LogP contribution in [0.3, 0.4) is 0 Å². The van der Waals surface area contributed by atoms with Gasteiger partial charge in [-0.2, -0.15) is 0 Å². The topological polar surface area (TPSA) is 67.4 Å². The van der Waals surface area contributed by atoms with Crippen molar-refractivity contribution >= 4 is 11.8 Å². The summed E-state index contributed by atoms with van der Waals surface area (Å²) in [5, 5.41) is 5.57. The second-order valence-electron chi connectivity index (χ2n) is 3.68. The van der Waals surface area contributed by atoms with Crippen LogP contribution < -0.4 is 10.6 Å². The Hall–Kier alpha value is -0.940. The number of imide groups is 1. The normalized spacial score (nSPS) is 17.4. The molecule has 0 aromatic rings. The van der Waals surface area contributed by atoms with Crippen molar-refractivity contribution in [1.29, 1.82) is 0 Å². The van der Waals surface area contributed by atoms with E-state index in [0.717, 1.165) is 25.9 Å². The number of nitrogens with one attached hydrogen (secondary N) is 2. The van der Waals surface area contributed by atoms with Gasteiger partial charge in [-0.1, -0.05) is 0 Å². The van der Waals surface area contributed by atoms with Crippen LogP contribution in [-0.4, -0.2) is 38.6 Å². The molecule has 86 valence electrons. The molecule has 1 rings (SSSR count). The van der Waals surface area contributed by atoms with Crippen molar-refractivity contribution in [1.82, 2.24) is 10.6 Å². The van der Waals surface area contributed by atoms with Gasteiger partial charge < -0.3 is 10.1 Å². The fraction of sp³-hybridized carbons (Fsp3) is 0.800. The molecule has 2 amide bonds. The van der Waals surface area contributed by atoms with Gasteiger partial charge >= 0.3 is 0 Å². The average molecular weight is 214 g/mol. The number of piperidine rings is 1. The van der Waals surface area contributed by atoms with Crippen molar-refractivity contribution in [2.45, 2.75) is 19.3 Å². The van der Waals surface area contributed by atoms with E-state index in [9.17, 15) is 9.59 Å². The minimum absolute atomic E-state index is 0.0160. The Labute approximate surface area is 89.6 Å². The van der Waals surface area contributed by atoms with Crippen molar-refractivity contribution < 1.29 is 14.3 Å². The third-order valence-electron chi connectivity index (χ3n) is 2.51. The molecule has 0 aliphatic carbocycles. The minimum Gasteiger partial charge on any atom is -0.384 e. The predicted molar refractivity (Wildman–Crippen MR) is 55.2 cm³/mol. The Morgan fingerprint density at radius 1 is 1.40 bits per heavy atom. The molecule has 0 aromatic carbocycles. The fourth-order valence-corrected chi connectivity index (χ4v) is 1.58. The SMILES string of the molecule is COCCC(=O)NC(=O)C1CCNCC1. The van der Waals surface area contributed by atoms with Crippen molar-refractivity contribution in [3.8, 4) is 0 Å². The molecule has 1 aliphatic heterocycles. The largest absolute Gasteiger partial charge is 0.384 e. The Bertz CT molecular complexity index is 225. The summed E-state index contributed by atoms with van der Waals surface area (Å²) in [5.41, 5.74) is 0. The van der Waals surface area contributed by atoms with E-state index in [1.54, 1.807) is 0 Å². The van der Waals surface area contributed by atoms with Gasteiger partial charge in [-0.15, -0.1) is 0 Å². The van der Waals surface area contributed by atoms with Gasteiger partial charge in [-0.25, -0.2) is 0 Å². The number of hydrogen-bond acceptors (Lipinski definition) is 4. The first-order chi connectivity index (χ1) is 7.24. The Balaban J connectivity index is 2.24. The van der Waals surface area contributed by atoms with E-state index in [2.05, 4.69) is 10.6 Å². The van der Waals surface area contributed by atoms with Crippen LogP contribution in [0.15, 0.2) is 0 Å². The maximum absolute atomic E-state index is 11.6. The van der Waals surface area contributed by atoms with Crippen LogP contribution in [0.1, 0.15) is 19.3 Å². The molecular weight excluding hydrogens is 196 g/mol. The summed E-state index contributed by atoms with van der Waals surface area (Å²) in [7, 11) is 1.53. The zero-order valence-electron chi connectivity index (χ0n) is 9.04. The first-order valence-electron chi connectivity index (χ1n) is 5.27. The van der Waals surface area contributed by atoms with Crippen LogP contribution in [0.5, 0.6) is 0 Å². The second kappa shape index (κ2) is 6.53. The van der Waals surface area contributed by atoms with Gasteiger partial charge in [-0.3, -0.25) is 14.9 Å². The number of carbonyl (C=O) groups excluding carboxylic acids is 2. The van der Waals surface area contributed by atoms with Crippen LogP contribution in [0, 0.1) is 5.92 Å². The van der Waals surface area contributed by atoms with Crippen LogP contribution in [0.2, 0.25) is 0 Å². The Kier molecular flexibility index (Phi) is 5.28. The Morgan fingerprint density at radius 3 is 2.67 bits per heavy atom. The average Bonchev–Trinajstić information content (AvgIpc) is 2.27. The summed E-state index contributed by atoms with van der Waals surface area (Å²) in [6.45, 7) is 2.06. The maximum atomic E-state index is 11.6. The standard InChI is InChI=1S/C10H18N2O3/c1-15-7-4-9(13)12-10(14)8-2-5-11-6-3-8/h8,11H,2-7H2,1H3,(H,12,13,14). The lowest BCUT2D eigenvalue weighted by atomic mass is 9.97. The molecule has 1 fully saturated rings. The molecule has 0 radical (unpaired) electrons. The first kappa shape index (κ1) is 12.1. The van der Waals surface area contributed by atoms with E-state index in [1.165, 1.54) is 7.11 Å². The Morgan fingerprint density at radius 2 is 2.07 bits per heavy atom. The summed E-state index contributed by atoms with van der Waals surface area (Å²) >= 11 is 0. The van der Waals surface area contributed by atoms with Crippen LogP contribution >= 0.6 is 0 Å². The molecule has 0 bridgehead atoms. The molecule has 1 heterocycles. The maximum Gasteiger partial charge on any atom is 0.229 e. The number of carbonyl (C=O) groups is 2. The summed E-state index contributed by atoms with van der Waals surface area (Å²) in [6.07, 6.45) is 1.86. The van der Waals surface area contributed by atoms with Gasteiger partial charge in [-0.05, 0) is 25.9 Å². The molecular formula is C10H18N2O3. The summed E-state index contributed by atoms with van der Waals surface area (Å²) in [6, 6.07) is 0. The van der Waals surface area contributed by atoms with E-state index in [1.807, 2.05) is 0 Å². The van der Waals surface area contributed by atoms with Gasteiger partial charge in [0.25, 0.3) is 0 Å². The lowest BCUT2D eigenvalue weighted by Crippen LogP contribution is -2.40. The quantitative estimate of drug-likeness (QED) is 0.672. The lowest BCUT2D eigenvalue weighted by Gasteiger charge is -2.21. The van der Waals surface area contributed by atoms with Gasteiger partial charge in [0, 0.05) is 13.0 Å². The monoisotopic (exact) mass is 214 g/mol. The number of ether oxygens (including phenoxy) is 1. The van der Waals surface area contributed by atoms with Gasteiger partial charge in [0.2, 0.25) is 11.8 Å². The summed E-state index contributed by atoms with van der Waals surface area (Å²) in [4.78, 5) is 22.8. The predicted octanol–water partition coefficient (Wildman–Crippen LogP) is -0.335. The highest BCUT2D eigenvalue weighted by Gasteiger charge is 2.22. The van der Waals surface area contributed by atoms with Gasteiger partial charge in [0.15, 0.2) is 0 Å². The molecule has 0 atom stereocenters. The third kappa shape index (κ3) is 4.40. The highest BCUT2D eigenvalue weighted by atomic mass is 16.5.